The Labute approximate surface area is 190 Å². The topological polar surface area (TPSA) is 68.8 Å². The van der Waals surface area contributed by atoms with Crippen LogP contribution in [0.1, 0.15) is 79.1 Å². The summed E-state index contributed by atoms with van der Waals surface area (Å²) in [6.07, 6.45) is 7.91. The Balaban J connectivity index is 3.42. The predicted octanol–water partition coefficient (Wildman–Crippen LogP) is 4.27. The molecule has 0 saturated carbocycles. The third-order valence-corrected chi connectivity index (χ3v) is 5.21. The van der Waals surface area contributed by atoms with E-state index in [0.29, 0.717) is 39.1 Å². The molecule has 0 aliphatic carbocycles. The molecule has 0 aromatic rings. The van der Waals surface area contributed by atoms with Gasteiger partial charge in [0.1, 0.15) is 6.17 Å². The van der Waals surface area contributed by atoms with Gasteiger partial charge in [-0.15, -0.1) is 0 Å². The summed E-state index contributed by atoms with van der Waals surface area (Å²) < 4.78 is 30.1. The van der Waals surface area contributed by atoms with Crippen molar-refractivity contribution in [3.8, 4) is 0 Å². The summed E-state index contributed by atoms with van der Waals surface area (Å²) >= 11 is 0. The molecule has 6 nitrogen and oxygen atoms in total. The number of amides is 1. The average Bonchev–Trinajstić information content (AvgIpc) is 2.76. The van der Waals surface area contributed by atoms with Crippen molar-refractivity contribution in [2.24, 2.45) is 5.92 Å². The van der Waals surface area contributed by atoms with Crippen molar-refractivity contribution in [3.05, 3.63) is 0 Å². The monoisotopic (exact) mass is 448 g/mol. The van der Waals surface area contributed by atoms with Crippen molar-refractivity contribution in [2.45, 2.75) is 91.3 Å². The molecule has 0 radical (unpaired) electrons. The number of alkyl halides is 1. The summed E-state index contributed by atoms with van der Waals surface area (Å²) in [5.41, 5.74) is 0. The van der Waals surface area contributed by atoms with E-state index in [1.165, 1.54) is 32.1 Å². The van der Waals surface area contributed by atoms with Crippen molar-refractivity contribution in [1.29, 1.82) is 0 Å². The molecule has 31 heavy (non-hydrogen) atoms. The third kappa shape index (κ3) is 20.9. The molecular formula is C24H49FN2O4. The highest BCUT2D eigenvalue weighted by atomic mass is 19.1. The van der Waals surface area contributed by atoms with Crippen LogP contribution in [0, 0.1) is 5.92 Å². The van der Waals surface area contributed by atoms with Crippen molar-refractivity contribution < 1.29 is 23.4 Å². The summed E-state index contributed by atoms with van der Waals surface area (Å²) in [7, 11) is 0. The molecule has 2 N–H and O–H groups in total. The molecule has 0 spiro atoms. The van der Waals surface area contributed by atoms with Crippen LogP contribution in [0.5, 0.6) is 0 Å². The first-order valence-corrected chi connectivity index (χ1v) is 12.4. The first-order chi connectivity index (χ1) is 15.0. The van der Waals surface area contributed by atoms with E-state index in [1.54, 1.807) is 0 Å². The smallest absolute Gasteiger partial charge is 0.222 e. The molecule has 0 rings (SSSR count). The molecule has 0 aliphatic heterocycles. The Morgan fingerprint density at radius 2 is 1.48 bits per heavy atom. The minimum absolute atomic E-state index is 0.00206. The van der Waals surface area contributed by atoms with Crippen LogP contribution in [0.4, 0.5) is 4.39 Å². The summed E-state index contributed by atoms with van der Waals surface area (Å²) in [6, 6.07) is 0.531. The van der Waals surface area contributed by atoms with Gasteiger partial charge in [0.2, 0.25) is 5.91 Å². The molecular weight excluding hydrogens is 399 g/mol. The van der Waals surface area contributed by atoms with Crippen LogP contribution in [0.3, 0.4) is 0 Å². The van der Waals surface area contributed by atoms with E-state index >= 15 is 0 Å². The fraction of sp³-hybridized carbons (Fsp3) is 0.958. The average molecular weight is 449 g/mol. The Morgan fingerprint density at radius 3 is 2.16 bits per heavy atom. The maximum absolute atomic E-state index is 13.8. The van der Waals surface area contributed by atoms with Gasteiger partial charge < -0.3 is 24.8 Å². The molecule has 0 heterocycles. The SMILES string of the molecule is CCCCCCC(C)C(=O)NCC(F)COCCOCCOCCNC(C)CCCC. The zero-order chi connectivity index (χ0) is 23.2. The van der Waals surface area contributed by atoms with Crippen molar-refractivity contribution in [3.63, 3.8) is 0 Å². The van der Waals surface area contributed by atoms with Crippen molar-refractivity contribution >= 4 is 5.91 Å². The molecule has 0 fully saturated rings. The number of hydrogen-bond acceptors (Lipinski definition) is 5. The van der Waals surface area contributed by atoms with E-state index in [1.807, 2.05) is 6.92 Å². The van der Waals surface area contributed by atoms with E-state index in [2.05, 4.69) is 31.4 Å². The Morgan fingerprint density at radius 1 is 0.839 bits per heavy atom. The summed E-state index contributed by atoms with van der Waals surface area (Å²) in [6.45, 7) is 11.7. The van der Waals surface area contributed by atoms with E-state index in [4.69, 9.17) is 14.2 Å². The molecule has 186 valence electrons. The molecule has 0 bridgehead atoms. The first-order valence-electron chi connectivity index (χ1n) is 12.4. The van der Waals surface area contributed by atoms with E-state index in [9.17, 15) is 9.18 Å². The Kier molecular flexibility index (Phi) is 21.9. The van der Waals surface area contributed by atoms with Crippen LogP contribution in [-0.2, 0) is 19.0 Å². The molecule has 3 unspecified atom stereocenters. The first kappa shape index (κ1) is 30.2. The molecule has 0 aromatic heterocycles. The molecule has 0 aromatic carbocycles. The maximum atomic E-state index is 13.8. The molecule has 0 saturated heterocycles. The van der Waals surface area contributed by atoms with Crippen LogP contribution < -0.4 is 10.6 Å². The van der Waals surface area contributed by atoms with Crippen LogP contribution in [0.2, 0.25) is 0 Å². The van der Waals surface area contributed by atoms with Gasteiger partial charge in [0.05, 0.1) is 46.2 Å². The van der Waals surface area contributed by atoms with E-state index < -0.39 is 6.17 Å². The maximum Gasteiger partial charge on any atom is 0.222 e. The zero-order valence-corrected chi connectivity index (χ0v) is 20.6. The standard InChI is InChI=1S/C24H49FN2O4/c1-5-7-9-10-11-21(3)24(28)27-19-23(25)20-31-18-17-30-16-15-29-14-13-26-22(4)12-8-6-2/h21-23,26H,5-20H2,1-4H3,(H,27,28). The van der Waals surface area contributed by atoms with Crippen LogP contribution >= 0.6 is 0 Å². The highest BCUT2D eigenvalue weighted by molar-refractivity contribution is 5.78. The Bertz CT molecular complexity index is 402. The lowest BCUT2D eigenvalue weighted by Gasteiger charge is -2.14. The normalized spacial score (nSPS) is 14.4. The summed E-state index contributed by atoms with van der Waals surface area (Å²) in [4.78, 5) is 12.0. The second kappa shape index (κ2) is 22.4. The van der Waals surface area contributed by atoms with Gasteiger partial charge in [-0.1, -0.05) is 59.3 Å². The Hall–Kier alpha value is -0.760. The van der Waals surface area contributed by atoms with Gasteiger partial charge >= 0.3 is 0 Å². The second-order valence-corrected chi connectivity index (χ2v) is 8.39. The fourth-order valence-corrected chi connectivity index (χ4v) is 3.09. The predicted molar refractivity (Wildman–Crippen MR) is 125 cm³/mol. The van der Waals surface area contributed by atoms with Gasteiger partial charge in [0.25, 0.3) is 0 Å². The van der Waals surface area contributed by atoms with Crippen molar-refractivity contribution in [1.82, 2.24) is 10.6 Å². The lowest BCUT2D eigenvalue weighted by Crippen LogP contribution is -2.35. The lowest BCUT2D eigenvalue weighted by molar-refractivity contribution is -0.125. The second-order valence-electron chi connectivity index (χ2n) is 8.39. The number of ether oxygens (including phenoxy) is 3. The van der Waals surface area contributed by atoms with Crippen molar-refractivity contribution in [2.75, 3.05) is 52.7 Å². The minimum atomic E-state index is -1.20. The van der Waals surface area contributed by atoms with E-state index in [-0.39, 0.29) is 25.0 Å². The summed E-state index contributed by atoms with van der Waals surface area (Å²) in [5, 5.41) is 6.11. The molecule has 0 aliphatic rings. The molecule has 7 heteroatoms. The third-order valence-electron chi connectivity index (χ3n) is 5.21. The number of hydrogen-bond donors (Lipinski definition) is 2. The van der Waals surface area contributed by atoms with Crippen LogP contribution in [0.25, 0.3) is 0 Å². The van der Waals surface area contributed by atoms with Gasteiger partial charge in [-0.05, 0) is 19.8 Å². The number of rotatable bonds is 23. The van der Waals surface area contributed by atoms with Crippen LogP contribution in [-0.4, -0.2) is 70.9 Å². The fourth-order valence-electron chi connectivity index (χ4n) is 3.09. The van der Waals surface area contributed by atoms with Gasteiger partial charge in [0, 0.05) is 18.5 Å². The summed E-state index contributed by atoms with van der Waals surface area (Å²) in [5.74, 6) is -0.145. The minimum Gasteiger partial charge on any atom is -0.378 e. The number of unbranched alkanes of at least 4 members (excludes halogenated alkanes) is 4. The van der Waals surface area contributed by atoms with Gasteiger partial charge in [0.15, 0.2) is 0 Å². The number of halogens is 1. The molecule has 3 atom stereocenters. The zero-order valence-electron chi connectivity index (χ0n) is 20.6. The van der Waals surface area contributed by atoms with Gasteiger partial charge in [-0.3, -0.25) is 4.79 Å². The number of nitrogens with one attached hydrogen (secondary N) is 2. The molecule has 1 amide bonds. The largest absolute Gasteiger partial charge is 0.378 e. The van der Waals surface area contributed by atoms with E-state index in [0.717, 1.165) is 25.8 Å². The van der Waals surface area contributed by atoms with Gasteiger partial charge in [-0.2, -0.15) is 0 Å². The van der Waals surface area contributed by atoms with Gasteiger partial charge in [-0.25, -0.2) is 4.39 Å². The lowest BCUT2D eigenvalue weighted by atomic mass is 10.0. The quantitative estimate of drug-likeness (QED) is 0.229. The highest BCUT2D eigenvalue weighted by Gasteiger charge is 2.14. The number of carbonyl (C=O) groups is 1. The number of carbonyl (C=O) groups excluding carboxylic acids is 1. The van der Waals surface area contributed by atoms with Crippen LogP contribution in [0.15, 0.2) is 0 Å². The highest BCUT2D eigenvalue weighted by Crippen LogP contribution is 2.10.